The fourth-order valence-electron chi connectivity index (χ4n) is 2.25. The van der Waals surface area contributed by atoms with Gasteiger partial charge in [0.2, 0.25) is 5.56 Å². The molecule has 88 valence electrons. The summed E-state index contributed by atoms with van der Waals surface area (Å²) in [5.41, 5.74) is 2.21. The van der Waals surface area contributed by atoms with E-state index in [1.807, 2.05) is 6.07 Å². The number of hydrogen-bond acceptors (Lipinski definition) is 5. The first kappa shape index (κ1) is 10.5. The molecule has 0 aliphatic heterocycles. The van der Waals surface area contributed by atoms with Gasteiger partial charge in [-0.1, -0.05) is 4.49 Å². The summed E-state index contributed by atoms with van der Waals surface area (Å²) >= 11 is 1.35. The first-order valence-electron chi connectivity index (χ1n) is 5.59. The molecule has 2 heterocycles. The van der Waals surface area contributed by atoms with E-state index in [2.05, 4.69) is 19.9 Å². The van der Waals surface area contributed by atoms with E-state index in [-0.39, 0.29) is 11.6 Å². The number of H-pyrrole nitrogens is 1. The molecule has 0 radical (unpaired) electrons. The Bertz CT molecular complexity index is 563. The van der Waals surface area contributed by atoms with Crippen LogP contribution >= 0.6 is 11.5 Å². The molecule has 6 heteroatoms. The minimum atomic E-state index is -0.0242. The second-order valence-electron chi connectivity index (χ2n) is 4.13. The van der Waals surface area contributed by atoms with Gasteiger partial charge in [-0.25, -0.2) is 0 Å². The maximum Gasteiger partial charge on any atom is 0.248 e. The van der Waals surface area contributed by atoms with E-state index in [9.17, 15) is 4.79 Å². The van der Waals surface area contributed by atoms with Gasteiger partial charge in [-0.2, -0.15) is 0 Å². The Morgan fingerprint density at radius 1 is 1.47 bits per heavy atom. The zero-order valence-electron chi connectivity index (χ0n) is 9.14. The summed E-state index contributed by atoms with van der Waals surface area (Å²) in [5.74, 6) is 0. The lowest BCUT2D eigenvalue weighted by Crippen LogP contribution is -2.21. The highest BCUT2D eigenvalue weighted by atomic mass is 32.1. The predicted octanol–water partition coefficient (Wildman–Crippen LogP) is 1.72. The molecule has 1 aliphatic rings. The van der Waals surface area contributed by atoms with Crippen LogP contribution in [0.15, 0.2) is 23.1 Å². The van der Waals surface area contributed by atoms with E-state index in [1.165, 1.54) is 17.1 Å². The van der Waals surface area contributed by atoms with Crippen LogP contribution < -0.4 is 10.9 Å². The highest BCUT2D eigenvalue weighted by molar-refractivity contribution is 7.09. The number of rotatable bonds is 2. The van der Waals surface area contributed by atoms with Crippen molar-refractivity contribution < 1.29 is 0 Å². The van der Waals surface area contributed by atoms with E-state index >= 15 is 0 Å². The summed E-state index contributed by atoms with van der Waals surface area (Å²) in [6, 6.07) is 3.75. The number of pyridine rings is 1. The van der Waals surface area contributed by atoms with E-state index in [4.69, 9.17) is 0 Å². The summed E-state index contributed by atoms with van der Waals surface area (Å²) < 4.78 is 3.83. The third-order valence-corrected chi connectivity index (χ3v) is 3.61. The largest absolute Gasteiger partial charge is 0.367 e. The van der Waals surface area contributed by atoms with Gasteiger partial charge >= 0.3 is 0 Å². The quantitative estimate of drug-likeness (QED) is 0.849. The monoisotopic (exact) mass is 248 g/mol. The van der Waals surface area contributed by atoms with Crippen LogP contribution in [-0.4, -0.2) is 14.6 Å². The Balaban J connectivity index is 1.91. The van der Waals surface area contributed by atoms with Crippen molar-refractivity contribution in [3.63, 3.8) is 0 Å². The molecule has 3 rings (SSSR count). The van der Waals surface area contributed by atoms with Crippen LogP contribution in [0.3, 0.4) is 0 Å². The predicted molar refractivity (Wildman–Crippen MR) is 66.3 cm³/mol. The number of hydrogen-bond donors (Lipinski definition) is 2. The van der Waals surface area contributed by atoms with Crippen LogP contribution in [0, 0.1) is 0 Å². The molecule has 2 N–H and O–H groups in total. The molecule has 0 saturated carbocycles. The standard InChI is InChI=1S/C11H12N4OS/c16-10-5-4-7-8(13-10)2-1-3-9(7)14-11-6-12-15-17-11/h4-6,9,14H,1-3H2,(H,13,16). The van der Waals surface area contributed by atoms with Crippen LogP contribution in [0.25, 0.3) is 0 Å². The van der Waals surface area contributed by atoms with Gasteiger partial charge in [0.1, 0.15) is 5.00 Å². The Labute approximate surface area is 102 Å². The van der Waals surface area contributed by atoms with Crippen molar-refractivity contribution in [1.29, 1.82) is 0 Å². The molecule has 0 bridgehead atoms. The molecule has 0 aromatic carbocycles. The van der Waals surface area contributed by atoms with Crippen LogP contribution in [-0.2, 0) is 6.42 Å². The Morgan fingerprint density at radius 3 is 3.24 bits per heavy atom. The summed E-state index contributed by atoms with van der Waals surface area (Å²) in [5, 5.41) is 8.18. The van der Waals surface area contributed by atoms with Gasteiger partial charge in [0, 0.05) is 23.3 Å². The molecule has 0 spiro atoms. The maximum atomic E-state index is 11.3. The first-order valence-corrected chi connectivity index (χ1v) is 6.36. The molecule has 1 atom stereocenters. The van der Waals surface area contributed by atoms with E-state index in [1.54, 1.807) is 12.3 Å². The zero-order valence-corrected chi connectivity index (χ0v) is 9.96. The molecule has 1 aliphatic carbocycles. The lowest BCUT2D eigenvalue weighted by Gasteiger charge is -2.25. The summed E-state index contributed by atoms with van der Waals surface area (Å²) in [4.78, 5) is 14.2. The third-order valence-electron chi connectivity index (χ3n) is 3.01. The minimum absolute atomic E-state index is 0.0242. The van der Waals surface area contributed by atoms with Gasteiger partial charge in [0.15, 0.2) is 0 Å². The van der Waals surface area contributed by atoms with Crippen molar-refractivity contribution in [2.24, 2.45) is 0 Å². The van der Waals surface area contributed by atoms with Gasteiger partial charge in [0.25, 0.3) is 0 Å². The molecule has 17 heavy (non-hydrogen) atoms. The zero-order chi connectivity index (χ0) is 11.7. The smallest absolute Gasteiger partial charge is 0.248 e. The van der Waals surface area contributed by atoms with Gasteiger partial charge in [-0.3, -0.25) is 4.79 Å². The first-order chi connectivity index (χ1) is 8.33. The van der Waals surface area contributed by atoms with Crippen molar-refractivity contribution in [2.75, 3.05) is 5.32 Å². The highest BCUT2D eigenvalue weighted by Gasteiger charge is 2.20. The average molecular weight is 248 g/mol. The lowest BCUT2D eigenvalue weighted by molar-refractivity contribution is 0.588. The number of nitrogens with one attached hydrogen (secondary N) is 2. The normalized spacial score (nSPS) is 18.7. The summed E-state index contributed by atoms with van der Waals surface area (Å²) in [6.07, 6.45) is 4.82. The van der Waals surface area contributed by atoms with Crippen molar-refractivity contribution in [1.82, 2.24) is 14.6 Å². The fraction of sp³-hybridized carbons (Fsp3) is 0.364. The maximum absolute atomic E-state index is 11.3. The number of anilines is 1. The second kappa shape index (κ2) is 4.29. The SMILES string of the molecule is O=c1ccc2c([nH]1)CCCC2Nc1cnns1. The number of aromatic nitrogens is 3. The van der Waals surface area contributed by atoms with E-state index < -0.39 is 0 Å². The van der Waals surface area contributed by atoms with Crippen LogP contribution in [0.4, 0.5) is 5.00 Å². The Hall–Kier alpha value is -1.69. The molecular weight excluding hydrogens is 236 g/mol. The lowest BCUT2D eigenvalue weighted by atomic mass is 9.91. The summed E-state index contributed by atoms with van der Waals surface area (Å²) in [6.45, 7) is 0. The van der Waals surface area contributed by atoms with E-state index in [0.717, 1.165) is 30.0 Å². The van der Waals surface area contributed by atoms with Gasteiger partial charge < -0.3 is 10.3 Å². The number of nitrogens with zero attached hydrogens (tertiary/aromatic N) is 2. The molecule has 0 saturated heterocycles. The third kappa shape index (κ3) is 2.08. The van der Waals surface area contributed by atoms with Crippen molar-refractivity contribution in [3.8, 4) is 0 Å². The number of fused-ring (bicyclic) bond motifs is 1. The van der Waals surface area contributed by atoms with Crippen LogP contribution in [0.5, 0.6) is 0 Å². The van der Waals surface area contributed by atoms with Gasteiger partial charge in [-0.05, 0) is 30.9 Å². The fourth-order valence-corrected chi connectivity index (χ4v) is 2.72. The van der Waals surface area contributed by atoms with Crippen LogP contribution in [0.2, 0.25) is 0 Å². The van der Waals surface area contributed by atoms with Gasteiger partial charge in [-0.15, -0.1) is 5.10 Å². The molecule has 2 aromatic heterocycles. The van der Waals surface area contributed by atoms with Crippen LogP contribution in [0.1, 0.15) is 30.1 Å². The molecule has 1 unspecified atom stereocenters. The van der Waals surface area contributed by atoms with Gasteiger partial charge in [0.05, 0.1) is 12.2 Å². The number of aryl methyl sites for hydroxylation is 1. The average Bonchev–Trinajstić information content (AvgIpc) is 2.82. The molecule has 2 aromatic rings. The Kier molecular flexibility index (Phi) is 2.64. The molecule has 0 amide bonds. The van der Waals surface area contributed by atoms with E-state index in [0.29, 0.717) is 0 Å². The molecule has 5 nitrogen and oxygen atoms in total. The summed E-state index contributed by atoms with van der Waals surface area (Å²) in [7, 11) is 0. The Morgan fingerprint density at radius 2 is 2.41 bits per heavy atom. The number of aromatic amines is 1. The highest BCUT2D eigenvalue weighted by Crippen LogP contribution is 2.31. The molecule has 0 fully saturated rings. The van der Waals surface area contributed by atoms with Crippen molar-refractivity contribution in [2.45, 2.75) is 25.3 Å². The van der Waals surface area contributed by atoms with Crippen molar-refractivity contribution in [3.05, 3.63) is 39.9 Å². The second-order valence-corrected chi connectivity index (χ2v) is 4.91. The van der Waals surface area contributed by atoms with Crippen molar-refractivity contribution >= 4 is 16.5 Å². The minimum Gasteiger partial charge on any atom is -0.367 e. The molecular formula is C11H12N4OS. The topological polar surface area (TPSA) is 70.7 Å².